The van der Waals surface area contributed by atoms with Crippen molar-refractivity contribution < 1.29 is 23.1 Å². The minimum Gasteiger partial charge on any atom is -0.478 e. The van der Waals surface area contributed by atoms with Crippen LogP contribution in [0.2, 0.25) is 0 Å². The second kappa shape index (κ2) is 3.47. The van der Waals surface area contributed by atoms with Crippen molar-refractivity contribution in [3.05, 3.63) is 34.9 Å². The van der Waals surface area contributed by atoms with Crippen LogP contribution in [0.5, 0.6) is 0 Å². The number of carboxylic acid groups (broad SMARTS) is 1. The van der Waals surface area contributed by atoms with Crippen LogP contribution in [0.3, 0.4) is 0 Å². The van der Waals surface area contributed by atoms with E-state index in [9.17, 15) is 18.0 Å². The van der Waals surface area contributed by atoms with Gasteiger partial charge < -0.3 is 5.11 Å². The van der Waals surface area contributed by atoms with Gasteiger partial charge in [-0.1, -0.05) is 0 Å². The second-order valence-electron chi connectivity index (χ2n) is 2.38. The molecule has 13 heavy (non-hydrogen) atoms. The van der Waals surface area contributed by atoms with Gasteiger partial charge in [0, 0.05) is 0 Å². The smallest absolute Gasteiger partial charge is 0.338 e. The third-order valence-electron chi connectivity index (χ3n) is 1.47. The van der Waals surface area contributed by atoms with Gasteiger partial charge in [-0.3, -0.25) is 0 Å². The van der Waals surface area contributed by atoms with E-state index in [2.05, 4.69) is 0 Å². The Morgan fingerprint density at radius 1 is 1.38 bits per heavy atom. The van der Waals surface area contributed by atoms with Crippen LogP contribution in [0.4, 0.5) is 13.2 Å². The molecule has 0 saturated heterocycles. The molecule has 70 valence electrons. The molecule has 0 aromatic heterocycles. The molecule has 0 spiro atoms. The fraction of sp³-hybridized carbons (Fsp3) is 0.125. The molecular formula is C8H5F3O2. The van der Waals surface area contributed by atoms with Crippen molar-refractivity contribution in [1.29, 1.82) is 0 Å². The molecule has 0 heterocycles. The van der Waals surface area contributed by atoms with Crippen LogP contribution < -0.4 is 0 Å². The first kappa shape index (κ1) is 9.57. The highest BCUT2D eigenvalue weighted by Crippen LogP contribution is 2.15. The number of rotatable bonds is 2. The predicted molar refractivity (Wildman–Crippen MR) is 38.1 cm³/mol. The van der Waals surface area contributed by atoms with Gasteiger partial charge in [-0.05, 0) is 17.7 Å². The van der Waals surface area contributed by atoms with Crippen LogP contribution in [-0.4, -0.2) is 11.1 Å². The Morgan fingerprint density at radius 3 is 2.46 bits per heavy atom. The van der Waals surface area contributed by atoms with Gasteiger partial charge in [-0.25, -0.2) is 18.0 Å². The molecule has 0 saturated carbocycles. The maximum Gasteiger partial charge on any atom is 0.338 e. The zero-order valence-electron chi connectivity index (χ0n) is 6.35. The van der Waals surface area contributed by atoms with E-state index in [-0.39, 0.29) is 5.56 Å². The zero-order valence-corrected chi connectivity index (χ0v) is 6.35. The van der Waals surface area contributed by atoms with Gasteiger partial charge in [-0.2, -0.15) is 0 Å². The number of carboxylic acids is 1. The van der Waals surface area contributed by atoms with Gasteiger partial charge in [0.05, 0.1) is 5.56 Å². The fourth-order valence-corrected chi connectivity index (χ4v) is 0.878. The Kier molecular flexibility index (Phi) is 2.55. The summed E-state index contributed by atoms with van der Waals surface area (Å²) in [5.74, 6) is -4.44. The van der Waals surface area contributed by atoms with Crippen LogP contribution >= 0.6 is 0 Å². The summed E-state index contributed by atoms with van der Waals surface area (Å²) in [6.45, 7) is -1.03. The lowest BCUT2D eigenvalue weighted by Crippen LogP contribution is -2.04. The first-order valence-corrected chi connectivity index (χ1v) is 3.33. The number of halogens is 3. The van der Waals surface area contributed by atoms with E-state index in [0.717, 1.165) is 6.07 Å². The molecule has 2 nitrogen and oxygen atoms in total. The molecule has 0 aliphatic carbocycles. The molecular weight excluding hydrogens is 185 g/mol. The third kappa shape index (κ3) is 1.80. The molecule has 0 fully saturated rings. The van der Waals surface area contributed by atoms with E-state index in [1.165, 1.54) is 0 Å². The van der Waals surface area contributed by atoms with Crippen LogP contribution in [0.15, 0.2) is 12.1 Å². The Bertz CT molecular complexity index is 349. The van der Waals surface area contributed by atoms with Crippen LogP contribution in [0.25, 0.3) is 0 Å². The van der Waals surface area contributed by atoms with Crippen LogP contribution in [0.1, 0.15) is 15.9 Å². The van der Waals surface area contributed by atoms with Crippen molar-refractivity contribution in [2.24, 2.45) is 0 Å². The number of alkyl halides is 1. The summed E-state index contributed by atoms with van der Waals surface area (Å²) in [5.41, 5.74) is -1.05. The van der Waals surface area contributed by atoms with Crippen molar-refractivity contribution in [2.75, 3.05) is 0 Å². The Labute approximate surface area is 71.6 Å². The van der Waals surface area contributed by atoms with Gasteiger partial charge in [0.15, 0.2) is 11.6 Å². The lowest BCUT2D eigenvalue weighted by Gasteiger charge is -2.01. The zero-order chi connectivity index (χ0) is 10.0. The van der Waals surface area contributed by atoms with Gasteiger partial charge in [0.2, 0.25) is 0 Å². The number of benzene rings is 1. The Morgan fingerprint density at radius 2 is 2.00 bits per heavy atom. The molecule has 0 atom stereocenters. The molecule has 0 aliphatic heterocycles. The SMILES string of the molecule is O=C(O)c1cc(CF)cc(F)c1F. The van der Waals surface area contributed by atoms with E-state index in [4.69, 9.17) is 5.11 Å². The molecule has 1 N–H and O–H groups in total. The van der Waals surface area contributed by atoms with Crippen molar-refractivity contribution in [1.82, 2.24) is 0 Å². The van der Waals surface area contributed by atoms with Crippen molar-refractivity contribution in [3.8, 4) is 0 Å². The number of hydrogen-bond donors (Lipinski definition) is 1. The third-order valence-corrected chi connectivity index (χ3v) is 1.47. The summed E-state index contributed by atoms with van der Waals surface area (Å²) in [5, 5.41) is 8.38. The average Bonchev–Trinajstić information content (AvgIpc) is 2.09. The van der Waals surface area contributed by atoms with Gasteiger partial charge >= 0.3 is 5.97 Å². The van der Waals surface area contributed by atoms with Crippen molar-refractivity contribution in [3.63, 3.8) is 0 Å². The molecule has 5 heteroatoms. The number of carbonyl (C=O) groups is 1. The van der Waals surface area contributed by atoms with E-state index in [1.54, 1.807) is 0 Å². The summed E-state index contributed by atoms with van der Waals surface area (Å²) >= 11 is 0. The monoisotopic (exact) mass is 190 g/mol. The average molecular weight is 190 g/mol. The Balaban J connectivity index is 3.33. The molecule has 0 radical (unpaired) electrons. The number of aromatic carboxylic acids is 1. The van der Waals surface area contributed by atoms with E-state index < -0.39 is 29.8 Å². The van der Waals surface area contributed by atoms with Crippen LogP contribution in [0, 0.1) is 11.6 Å². The normalized spacial score (nSPS) is 10.1. The highest BCUT2D eigenvalue weighted by molar-refractivity contribution is 5.88. The topological polar surface area (TPSA) is 37.3 Å². The maximum atomic E-state index is 12.7. The quantitative estimate of drug-likeness (QED) is 0.775. The summed E-state index contributed by atoms with van der Waals surface area (Å²) in [4.78, 5) is 10.3. The highest BCUT2D eigenvalue weighted by Gasteiger charge is 2.15. The predicted octanol–water partition coefficient (Wildman–Crippen LogP) is 2.13. The van der Waals surface area contributed by atoms with Gasteiger partial charge in [0.25, 0.3) is 0 Å². The van der Waals surface area contributed by atoms with Crippen molar-refractivity contribution >= 4 is 5.97 Å². The van der Waals surface area contributed by atoms with E-state index >= 15 is 0 Å². The lowest BCUT2D eigenvalue weighted by atomic mass is 10.1. The maximum absolute atomic E-state index is 12.7. The molecule has 1 aromatic carbocycles. The molecule has 1 rings (SSSR count). The van der Waals surface area contributed by atoms with E-state index in [1.807, 2.05) is 0 Å². The minimum absolute atomic E-state index is 0.198. The van der Waals surface area contributed by atoms with Crippen LogP contribution in [-0.2, 0) is 6.67 Å². The first-order chi connectivity index (χ1) is 6.06. The summed E-state index contributed by atoms with van der Waals surface area (Å²) in [7, 11) is 0. The minimum atomic E-state index is -1.62. The largest absolute Gasteiger partial charge is 0.478 e. The summed E-state index contributed by atoms with van der Waals surface area (Å²) in [6, 6.07) is 1.39. The van der Waals surface area contributed by atoms with Gasteiger partial charge in [0.1, 0.15) is 6.67 Å². The standard InChI is InChI=1S/C8H5F3O2/c9-3-4-1-5(8(12)13)7(11)6(10)2-4/h1-2H,3H2,(H,12,13). The lowest BCUT2D eigenvalue weighted by molar-refractivity contribution is 0.0690. The second-order valence-corrected chi connectivity index (χ2v) is 2.38. The molecule has 1 aromatic rings. The molecule has 0 aliphatic rings. The molecule has 0 unspecified atom stereocenters. The first-order valence-electron chi connectivity index (χ1n) is 3.33. The fourth-order valence-electron chi connectivity index (χ4n) is 0.878. The van der Waals surface area contributed by atoms with Crippen molar-refractivity contribution in [2.45, 2.75) is 6.67 Å². The Hall–Kier alpha value is -1.52. The molecule has 0 amide bonds. The van der Waals surface area contributed by atoms with Gasteiger partial charge in [-0.15, -0.1) is 0 Å². The number of hydrogen-bond acceptors (Lipinski definition) is 1. The highest BCUT2D eigenvalue weighted by atomic mass is 19.2. The summed E-state index contributed by atoms with van der Waals surface area (Å²) < 4.78 is 37.3. The summed E-state index contributed by atoms with van der Waals surface area (Å²) in [6.07, 6.45) is 0. The van der Waals surface area contributed by atoms with E-state index in [0.29, 0.717) is 6.07 Å². The molecule has 0 bridgehead atoms.